The summed E-state index contributed by atoms with van der Waals surface area (Å²) < 4.78 is 0. The third kappa shape index (κ3) is 1.83. The van der Waals surface area contributed by atoms with Crippen LogP contribution in [0.15, 0.2) is 15.3 Å². The van der Waals surface area contributed by atoms with Crippen molar-refractivity contribution in [2.75, 3.05) is 5.75 Å². The normalized spacial score (nSPS) is 10.8. The number of aromatic carboxylic acids is 1. The maximum Gasteiger partial charge on any atom is 0.337 e. The molecule has 2 rings (SSSR count). The first-order valence-electron chi connectivity index (χ1n) is 4.51. The topological polar surface area (TPSA) is 83.0 Å². The number of carbonyl (C=O) groups is 1. The third-order valence-corrected chi connectivity index (χ3v) is 3.56. The fraction of sp³-hybridized carbons (Fsp3) is 0.222. The van der Waals surface area contributed by atoms with Crippen molar-refractivity contribution in [3.05, 3.63) is 21.3 Å². The average Bonchev–Trinajstić information content (AvgIpc) is 2.62. The number of carboxylic acids is 1. The smallest absolute Gasteiger partial charge is 0.337 e. The molecule has 2 heterocycles. The van der Waals surface area contributed by atoms with Gasteiger partial charge in [-0.1, -0.05) is 18.7 Å². The minimum absolute atomic E-state index is 0.0156. The zero-order chi connectivity index (χ0) is 11.7. The number of aromatic nitrogens is 2. The van der Waals surface area contributed by atoms with Crippen LogP contribution in [0.3, 0.4) is 0 Å². The lowest BCUT2D eigenvalue weighted by molar-refractivity contribution is 0.0699. The van der Waals surface area contributed by atoms with Crippen molar-refractivity contribution in [1.29, 1.82) is 0 Å². The fourth-order valence-electron chi connectivity index (χ4n) is 1.29. The minimum Gasteiger partial charge on any atom is -0.478 e. The Labute approximate surface area is 98.5 Å². The van der Waals surface area contributed by atoms with Crippen LogP contribution < -0.4 is 5.56 Å². The van der Waals surface area contributed by atoms with Crippen molar-refractivity contribution in [2.45, 2.75) is 12.1 Å². The van der Waals surface area contributed by atoms with E-state index in [9.17, 15) is 9.59 Å². The van der Waals surface area contributed by atoms with Gasteiger partial charge in [-0.15, -0.1) is 11.3 Å². The SMILES string of the molecule is CCSc1nc2scc(C(=O)O)c2c(=O)[nH]1. The number of hydrogen-bond acceptors (Lipinski definition) is 5. The highest BCUT2D eigenvalue weighted by Crippen LogP contribution is 2.23. The Morgan fingerprint density at radius 2 is 2.44 bits per heavy atom. The van der Waals surface area contributed by atoms with Crippen molar-refractivity contribution < 1.29 is 9.90 Å². The predicted molar refractivity (Wildman–Crippen MR) is 63.6 cm³/mol. The highest BCUT2D eigenvalue weighted by Gasteiger charge is 2.15. The van der Waals surface area contributed by atoms with E-state index in [0.717, 1.165) is 5.75 Å². The van der Waals surface area contributed by atoms with Crippen LogP contribution in [0.1, 0.15) is 17.3 Å². The number of thioether (sulfide) groups is 1. The zero-order valence-corrected chi connectivity index (χ0v) is 9.94. The number of nitrogens with one attached hydrogen (secondary N) is 1. The number of carboxylic acid groups (broad SMARTS) is 1. The van der Waals surface area contributed by atoms with Gasteiger partial charge in [0, 0.05) is 5.38 Å². The van der Waals surface area contributed by atoms with E-state index in [4.69, 9.17) is 5.11 Å². The summed E-state index contributed by atoms with van der Waals surface area (Å²) in [6.45, 7) is 1.95. The molecule has 2 aromatic rings. The molecule has 0 unspecified atom stereocenters. The van der Waals surface area contributed by atoms with E-state index < -0.39 is 5.97 Å². The molecule has 5 nitrogen and oxygen atoms in total. The summed E-state index contributed by atoms with van der Waals surface area (Å²) in [6, 6.07) is 0. The lowest BCUT2D eigenvalue weighted by Gasteiger charge is -1.97. The molecule has 0 amide bonds. The largest absolute Gasteiger partial charge is 0.478 e. The molecule has 84 valence electrons. The summed E-state index contributed by atoms with van der Waals surface area (Å²) in [5.74, 6) is -0.305. The maximum absolute atomic E-state index is 11.7. The van der Waals surface area contributed by atoms with Gasteiger partial charge in [0.05, 0.1) is 10.9 Å². The van der Waals surface area contributed by atoms with Gasteiger partial charge < -0.3 is 10.1 Å². The molecule has 16 heavy (non-hydrogen) atoms. The molecular formula is C9H8N2O3S2. The Morgan fingerprint density at radius 1 is 1.69 bits per heavy atom. The predicted octanol–water partition coefficient (Wildman–Crippen LogP) is 1.79. The van der Waals surface area contributed by atoms with Crippen LogP contribution >= 0.6 is 23.1 Å². The van der Waals surface area contributed by atoms with Crippen LogP contribution in [0, 0.1) is 0 Å². The van der Waals surface area contributed by atoms with Crippen LogP contribution in [0.5, 0.6) is 0 Å². The van der Waals surface area contributed by atoms with Gasteiger partial charge in [0.25, 0.3) is 5.56 Å². The quantitative estimate of drug-likeness (QED) is 0.646. The van der Waals surface area contributed by atoms with Crippen LogP contribution in [0.4, 0.5) is 0 Å². The van der Waals surface area contributed by atoms with Gasteiger partial charge in [-0.25, -0.2) is 9.78 Å². The van der Waals surface area contributed by atoms with Gasteiger partial charge in [0.1, 0.15) is 4.83 Å². The Hall–Kier alpha value is -1.34. The summed E-state index contributed by atoms with van der Waals surface area (Å²) in [7, 11) is 0. The van der Waals surface area contributed by atoms with Crippen molar-refractivity contribution in [3.63, 3.8) is 0 Å². The maximum atomic E-state index is 11.7. The second-order valence-electron chi connectivity index (χ2n) is 2.94. The van der Waals surface area contributed by atoms with E-state index in [1.54, 1.807) is 0 Å². The number of aromatic amines is 1. The number of fused-ring (bicyclic) bond motifs is 1. The van der Waals surface area contributed by atoms with Crippen LogP contribution in [-0.2, 0) is 0 Å². The van der Waals surface area contributed by atoms with Gasteiger partial charge >= 0.3 is 5.97 Å². The number of thiophene rings is 1. The molecular weight excluding hydrogens is 248 g/mol. The average molecular weight is 256 g/mol. The molecule has 0 spiro atoms. The van der Waals surface area contributed by atoms with Crippen LogP contribution in [0.25, 0.3) is 10.2 Å². The van der Waals surface area contributed by atoms with E-state index >= 15 is 0 Å². The Morgan fingerprint density at radius 3 is 3.06 bits per heavy atom. The van der Waals surface area contributed by atoms with Crippen molar-refractivity contribution in [3.8, 4) is 0 Å². The van der Waals surface area contributed by atoms with Crippen molar-refractivity contribution in [1.82, 2.24) is 9.97 Å². The molecule has 0 aliphatic rings. The molecule has 0 fully saturated rings. The van der Waals surface area contributed by atoms with Gasteiger partial charge in [-0.05, 0) is 5.75 Å². The molecule has 0 saturated carbocycles. The van der Waals surface area contributed by atoms with E-state index in [1.807, 2.05) is 6.92 Å². The third-order valence-electron chi connectivity index (χ3n) is 1.93. The van der Waals surface area contributed by atoms with E-state index in [1.165, 1.54) is 28.5 Å². The van der Waals surface area contributed by atoms with E-state index in [-0.39, 0.29) is 16.5 Å². The molecule has 0 aliphatic heterocycles. The van der Waals surface area contributed by atoms with E-state index in [0.29, 0.717) is 9.99 Å². The van der Waals surface area contributed by atoms with Gasteiger partial charge in [-0.3, -0.25) is 4.79 Å². The Kier molecular flexibility index (Phi) is 2.97. The lowest BCUT2D eigenvalue weighted by atomic mass is 10.2. The molecule has 0 aliphatic carbocycles. The van der Waals surface area contributed by atoms with Gasteiger partial charge in [-0.2, -0.15) is 0 Å². The summed E-state index contributed by atoms with van der Waals surface area (Å²) >= 11 is 2.59. The number of rotatable bonds is 3. The Bertz CT molecular complexity index is 602. The lowest BCUT2D eigenvalue weighted by Crippen LogP contribution is -2.11. The second-order valence-corrected chi connectivity index (χ2v) is 5.05. The second kappa shape index (κ2) is 4.26. The van der Waals surface area contributed by atoms with Crippen LogP contribution in [0.2, 0.25) is 0 Å². The monoisotopic (exact) mass is 256 g/mol. The molecule has 2 aromatic heterocycles. The highest BCUT2D eigenvalue weighted by atomic mass is 32.2. The Balaban J connectivity index is 2.69. The zero-order valence-electron chi connectivity index (χ0n) is 8.31. The van der Waals surface area contributed by atoms with Crippen molar-refractivity contribution in [2.24, 2.45) is 0 Å². The minimum atomic E-state index is -1.10. The first kappa shape index (κ1) is 11.2. The molecule has 0 bridgehead atoms. The van der Waals surface area contributed by atoms with Crippen LogP contribution in [-0.4, -0.2) is 26.8 Å². The highest BCUT2D eigenvalue weighted by molar-refractivity contribution is 7.99. The molecule has 0 radical (unpaired) electrons. The molecule has 7 heteroatoms. The van der Waals surface area contributed by atoms with Gasteiger partial charge in [0.2, 0.25) is 0 Å². The first-order chi connectivity index (χ1) is 7.63. The number of hydrogen-bond donors (Lipinski definition) is 2. The molecule has 2 N–H and O–H groups in total. The molecule has 0 atom stereocenters. The summed E-state index contributed by atoms with van der Waals surface area (Å²) in [5.41, 5.74) is -0.374. The first-order valence-corrected chi connectivity index (χ1v) is 6.37. The van der Waals surface area contributed by atoms with E-state index in [2.05, 4.69) is 9.97 Å². The summed E-state index contributed by atoms with van der Waals surface area (Å²) in [6.07, 6.45) is 0. The fourth-order valence-corrected chi connectivity index (χ4v) is 2.86. The van der Waals surface area contributed by atoms with Gasteiger partial charge in [0.15, 0.2) is 5.16 Å². The number of nitrogens with zero attached hydrogens (tertiary/aromatic N) is 1. The molecule has 0 aromatic carbocycles. The van der Waals surface area contributed by atoms with Crippen molar-refractivity contribution >= 4 is 39.3 Å². The summed E-state index contributed by atoms with van der Waals surface area (Å²) in [5, 5.41) is 11.0. The standard InChI is InChI=1S/C9H8N2O3S2/c1-2-15-9-10-6(12)5-4(8(13)14)3-16-7(5)11-9/h3H,2H2,1H3,(H,13,14)(H,10,11,12). The number of H-pyrrole nitrogens is 1. The molecule has 0 saturated heterocycles. The summed E-state index contributed by atoms with van der Waals surface area (Å²) in [4.78, 5) is 29.8.